The van der Waals surface area contributed by atoms with Crippen molar-refractivity contribution in [3.8, 4) is 0 Å². The zero-order chi connectivity index (χ0) is 8.85. The summed E-state index contributed by atoms with van der Waals surface area (Å²) in [7, 11) is 0. The summed E-state index contributed by atoms with van der Waals surface area (Å²) in [6.45, 7) is 0. The first-order chi connectivity index (χ1) is 5.07. The lowest BCUT2D eigenvalue weighted by Crippen LogP contribution is -2.34. The molecule has 0 fully saturated rings. The van der Waals surface area contributed by atoms with Crippen molar-refractivity contribution in [2.75, 3.05) is 0 Å². The van der Waals surface area contributed by atoms with Gasteiger partial charge in [-0.25, -0.2) is 4.79 Å². The summed E-state index contributed by atoms with van der Waals surface area (Å²) in [5.41, 5.74) is 1.60. The fourth-order valence-corrected chi connectivity index (χ4v) is 0.426. The molecule has 0 aliphatic carbocycles. The largest absolute Gasteiger partial charge is 0.481 e. The normalized spacial score (nSPS) is 11.6. The van der Waals surface area contributed by atoms with Crippen LogP contribution in [0.4, 0.5) is 0 Å². The zero-order valence-electron chi connectivity index (χ0n) is 5.35. The van der Waals surface area contributed by atoms with E-state index in [1.54, 1.807) is 5.43 Å². The van der Waals surface area contributed by atoms with E-state index in [4.69, 9.17) is 10.2 Å². The lowest BCUT2D eigenvalue weighted by atomic mass is 10.2. The van der Waals surface area contributed by atoms with Crippen LogP contribution >= 0.6 is 0 Å². The van der Waals surface area contributed by atoms with Gasteiger partial charge in [0.2, 0.25) is 0 Å². The second kappa shape index (κ2) is 4.20. The third-order valence-corrected chi connectivity index (χ3v) is 0.885. The van der Waals surface area contributed by atoms with Crippen LogP contribution in [0.15, 0.2) is 5.29 Å². The third-order valence-electron chi connectivity index (χ3n) is 0.885. The van der Waals surface area contributed by atoms with E-state index in [-0.39, 0.29) is 0 Å². The molecule has 1 atom stereocenters. The SMILES string of the molecule is O=NNC(CC(=O)O)C(=O)O. The van der Waals surface area contributed by atoms with E-state index >= 15 is 0 Å². The molecule has 0 bridgehead atoms. The van der Waals surface area contributed by atoms with Gasteiger partial charge in [-0.1, -0.05) is 0 Å². The Morgan fingerprint density at radius 2 is 2.00 bits per heavy atom. The summed E-state index contributed by atoms with van der Waals surface area (Å²) in [6, 6.07) is -1.45. The van der Waals surface area contributed by atoms with Crippen LogP contribution in [-0.4, -0.2) is 28.2 Å². The second-order valence-electron chi connectivity index (χ2n) is 1.71. The number of rotatable bonds is 5. The summed E-state index contributed by atoms with van der Waals surface area (Å²) >= 11 is 0. The van der Waals surface area contributed by atoms with Crippen molar-refractivity contribution in [2.45, 2.75) is 12.5 Å². The molecule has 11 heavy (non-hydrogen) atoms. The average Bonchev–Trinajstić information content (AvgIpc) is 1.86. The molecule has 0 saturated heterocycles. The molecule has 0 rings (SSSR count). The van der Waals surface area contributed by atoms with Gasteiger partial charge in [0.15, 0.2) is 6.04 Å². The minimum Gasteiger partial charge on any atom is -0.481 e. The summed E-state index contributed by atoms with van der Waals surface area (Å²) in [5.74, 6) is -2.74. The molecule has 0 aromatic rings. The van der Waals surface area contributed by atoms with Crippen molar-refractivity contribution in [1.29, 1.82) is 0 Å². The van der Waals surface area contributed by atoms with E-state index in [2.05, 4.69) is 5.29 Å². The minimum atomic E-state index is -1.45. The molecular weight excluding hydrogens is 156 g/mol. The molecule has 0 saturated carbocycles. The fourth-order valence-electron chi connectivity index (χ4n) is 0.426. The van der Waals surface area contributed by atoms with Crippen LogP contribution in [0.2, 0.25) is 0 Å². The lowest BCUT2D eigenvalue weighted by molar-refractivity contribution is -0.145. The molecule has 0 aromatic carbocycles. The highest BCUT2D eigenvalue weighted by atomic mass is 16.4. The Kier molecular flexibility index (Phi) is 3.57. The summed E-state index contributed by atoms with van der Waals surface area (Å²) in [5, 5.41) is 18.4. The Bertz CT molecular complexity index is 179. The number of nitrogens with zero attached hydrogens (tertiary/aromatic N) is 1. The Morgan fingerprint density at radius 1 is 1.45 bits per heavy atom. The van der Waals surface area contributed by atoms with Gasteiger partial charge in [0.05, 0.1) is 11.7 Å². The molecule has 62 valence electrons. The number of carboxylic acid groups (broad SMARTS) is 2. The first-order valence-electron chi connectivity index (χ1n) is 2.60. The molecule has 0 aromatic heterocycles. The van der Waals surface area contributed by atoms with Gasteiger partial charge in [0.25, 0.3) is 0 Å². The van der Waals surface area contributed by atoms with E-state index < -0.39 is 24.4 Å². The van der Waals surface area contributed by atoms with Crippen molar-refractivity contribution in [3.05, 3.63) is 4.91 Å². The lowest BCUT2D eigenvalue weighted by Gasteiger charge is -2.04. The first kappa shape index (κ1) is 9.34. The average molecular weight is 162 g/mol. The number of carboxylic acids is 2. The maximum Gasteiger partial charge on any atom is 0.328 e. The molecule has 0 aliphatic heterocycles. The smallest absolute Gasteiger partial charge is 0.328 e. The summed E-state index contributed by atoms with van der Waals surface area (Å²) in [6.07, 6.45) is -0.679. The Balaban J connectivity index is 3.99. The van der Waals surface area contributed by atoms with Crippen molar-refractivity contribution >= 4 is 11.9 Å². The van der Waals surface area contributed by atoms with Gasteiger partial charge in [0, 0.05) is 0 Å². The van der Waals surface area contributed by atoms with Crippen LogP contribution in [0, 0.1) is 4.91 Å². The fraction of sp³-hybridized carbons (Fsp3) is 0.500. The molecule has 3 N–H and O–H groups in total. The Labute approximate surface area is 61.0 Å². The summed E-state index contributed by atoms with van der Waals surface area (Å²) < 4.78 is 0. The molecule has 0 amide bonds. The van der Waals surface area contributed by atoms with Crippen molar-refractivity contribution < 1.29 is 19.8 Å². The predicted octanol–water partition coefficient (Wildman–Crippen LogP) is -0.815. The maximum atomic E-state index is 10.1. The Hall–Kier alpha value is -1.66. The van der Waals surface area contributed by atoms with Gasteiger partial charge in [-0.2, -0.15) is 0 Å². The van der Waals surface area contributed by atoms with Gasteiger partial charge < -0.3 is 10.2 Å². The molecular formula is C4H6N2O5. The number of nitroso groups, excluding NO2 is 1. The van der Waals surface area contributed by atoms with E-state index in [0.29, 0.717) is 0 Å². The molecule has 0 spiro atoms. The molecule has 0 aliphatic rings. The van der Waals surface area contributed by atoms with E-state index in [1.807, 2.05) is 0 Å². The van der Waals surface area contributed by atoms with Crippen LogP contribution in [0.5, 0.6) is 0 Å². The van der Waals surface area contributed by atoms with Gasteiger partial charge in [-0.05, 0) is 0 Å². The van der Waals surface area contributed by atoms with E-state index in [9.17, 15) is 14.5 Å². The molecule has 0 heterocycles. The van der Waals surface area contributed by atoms with Gasteiger partial charge in [0.1, 0.15) is 0 Å². The van der Waals surface area contributed by atoms with E-state index in [1.165, 1.54) is 0 Å². The van der Waals surface area contributed by atoms with Gasteiger partial charge in [-0.15, -0.1) is 4.91 Å². The van der Waals surface area contributed by atoms with Crippen LogP contribution < -0.4 is 5.43 Å². The quantitative estimate of drug-likeness (QED) is 0.359. The van der Waals surface area contributed by atoms with Crippen LogP contribution in [0.3, 0.4) is 0 Å². The molecule has 1 unspecified atom stereocenters. The number of carbonyl (C=O) groups is 2. The summed E-state index contributed by atoms with van der Waals surface area (Å²) in [4.78, 5) is 29.5. The molecule has 7 heteroatoms. The number of hydrogen-bond donors (Lipinski definition) is 3. The Morgan fingerprint density at radius 3 is 2.27 bits per heavy atom. The topological polar surface area (TPSA) is 116 Å². The highest BCUT2D eigenvalue weighted by Gasteiger charge is 2.20. The van der Waals surface area contributed by atoms with Crippen LogP contribution in [0.25, 0.3) is 0 Å². The van der Waals surface area contributed by atoms with Crippen LogP contribution in [0.1, 0.15) is 6.42 Å². The molecule has 0 radical (unpaired) electrons. The second-order valence-corrected chi connectivity index (χ2v) is 1.71. The minimum absolute atomic E-state index is 0.679. The molecule has 7 nitrogen and oxygen atoms in total. The van der Waals surface area contributed by atoms with Crippen molar-refractivity contribution in [1.82, 2.24) is 5.43 Å². The maximum absolute atomic E-state index is 10.1. The van der Waals surface area contributed by atoms with Crippen molar-refractivity contribution in [2.24, 2.45) is 5.29 Å². The van der Waals surface area contributed by atoms with E-state index in [0.717, 1.165) is 0 Å². The third kappa shape index (κ3) is 3.84. The first-order valence-corrected chi connectivity index (χ1v) is 2.60. The standard InChI is InChI=1S/C4H6N2O5/c7-3(8)1-2(4(9)10)5-6-11/h2H,1H2,(H,5,11)(H,7,8)(H,9,10). The number of hydrogen-bond acceptors (Lipinski definition) is 4. The van der Waals surface area contributed by atoms with Crippen molar-refractivity contribution in [3.63, 3.8) is 0 Å². The zero-order valence-corrected chi connectivity index (χ0v) is 5.35. The van der Waals surface area contributed by atoms with Gasteiger partial charge >= 0.3 is 11.9 Å². The monoisotopic (exact) mass is 162 g/mol. The highest BCUT2D eigenvalue weighted by Crippen LogP contribution is 1.91. The number of nitrogens with one attached hydrogen (secondary N) is 1. The predicted molar refractivity (Wildman–Crippen MR) is 32.6 cm³/mol. The number of aliphatic carboxylic acids is 2. The van der Waals surface area contributed by atoms with Gasteiger partial charge in [-0.3, -0.25) is 10.2 Å². The highest BCUT2D eigenvalue weighted by molar-refractivity contribution is 5.80. The van der Waals surface area contributed by atoms with Crippen LogP contribution in [-0.2, 0) is 9.59 Å².